The molecule has 0 aromatic rings. The molecule has 0 aliphatic rings. The molecule has 0 aliphatic heterocycles. The fraction of sp³-hybridized carbons (Fsp3) is 0.667. The minimum Gasteiger partial charge on any atom is -0.465 e. The normalized spacial score (nSPS) is 8.90. The molecule has 0 aromatic heterocycles. The topological polar surface area (TPSA) is 63.6 Å². The van der Waals surface area contributed by atoms with Gasteiger partial charge in [0, 0.05) is 6.42 Å². The van der Waals surface area contributed by atoms with Gasteiger partial charge < -0.3 is 14.6 Å². The molecule has 4 nitrogen and oxygen atoms in total. The van der Waals surface area contributed by atoms with E-state index in [1.807, 2.05) is 0 Å². The maximum atomic E-state index is 10.4. The van der Waals surface area contributed by atoms with Gasteiger partial charge in [0.1, 0.15) is 6.29 Å². The molecule has 0 radical (unpaired) electrons. The van der Waals surface area contributed by atoms with Crippen molar-refractivity contribution in [1.82, 2.24) is 0 Å². The average Bonchev–Trinajstić information content (AvgIpc) is 1.89. The van der Waals surface area contributed by atoms with Gasteiger partial charge in [0.25, 0.3) is 0 Å². The summed E-state index contributed by atoms with van der Waals surface area (Å²) in [4.78, 5) is 20.1. The number of aliphatic hydroxyl groups is 1. The van der Waals surface area contributed by atoms with E-state index < -0.39 is 5.97 Å². The Morgan fingerprint density at radius 2 is 2.30 bits per heavy atom. The Kier molecular flexibility index (Phi) is 5.66. The third kappa shape index (κ3) is 5.24. The van der Waals surface area contributed by atoms with Gasteiger partial charge in [0.05, 0.1) is 19.6 Å². The number of aliphatic hydroxyl groups excluding tert-OH is 1. The molecule has 0 aromatic carbocycles. The van der Waals surface area contributed by atoms with Gasteiger partial charge in [-0.05, 0) is 0 Å². The van der Waals surface area contributed by atoms with Crippen LogP contribution < -0.4 is 0 Å². The van der Waals surface area contributed by atoms with Crippen LogP contribution in [0.15, 0.2) is 0 Å². The van der Waals surface area contributed by atoms with Gasteiger partial charge in [-0.2, -0.15) is 0 Å². The Hall–Kier alpha value is -0.900. The standard InChI is InChI=1S/C6H10O4/c7-3-1-5-10-6(9)2-4-8/h3,8H,1-2,4-5H2. The lowest BCUT2D eigenvalue weighted by atomic mass is 10.4. The highest BCUT2D eigenvalue weighted by Crippen LogP contribution is 1.85. The van der Waals surface area contributed by atoms with Gasteiger partial charge in [-0.1, -0.05) is 0 Å². The first kappa shape index (κ1) is 9.10. The smallest absolute Gasteiger partial charge is 0.308 e. The van der Waals surface area contributed by atoms with Crippen LogP contribution in [0.25, 0.3) is 0 Å². The summed E-state index contributed by atoms with van der Waals surface area (Å²) < 4.78 is 4.49. The highest BCUT2D eigenvalue weighted by Gasteiger charge is 1.98. The van der Waals surface area contributed by atoms with Crippen LogP contribution in [0.4, 0.5) is 0 Å². The summed E-state index contributed by atoms with van der Waals surface area (Å²) in [6.45, 7) is -0.0950. The SMILES string of the molecule is O=CCCOC(=O)CCO. The van der Waals surface area contributed by atoms with Crippen molar-refractivity contribution < 1.29 is 19.4 Å². The molecule has 0 amide bonds. The molecule has 0 atom stereocenters. The summed E-state index contributed by atoms with van der Waals surface area (Å²) >= 11 is 0. The third-order valence-corrected chi connectivity index (χ3v) is 0.815. The molecule has 4 heteroatoms. The fourth-order valence-corrected chi connectivity index (χ4v) is 0.384. The molecule has 1 N–H and O–H groups in total. The molecule has 10 heavy (non-hydrogen) atoms. The molecular formula is C6H10O4. The number of hydrogen-bond acceptors (Lipinski definition) is 4. The second kappa shape index (κ2) is 6.22. The molecule has 0 spiro atoms. The van der Waals surface area contributed by atoms with Crippen LogP contribution in [0, 0.1) is 0 Å². The maximum Gasteiger partial charge on any atom is 0.308 e. The van der Waals surface area contributed by atoms with E-state index in [2.05, 4.69) is 4.74 Å². The zero-order chi connectivity index (χ0) is 7.82. The van der Waals surface area contributed by atoms with Crippen LogP contribution in [0.2, 0.25) is 0 Å². The van der Waals surface area contributed by atoms with Crippen molar-refractivity contribution in [3.8, 4) is 0 Å². The Bertz CT molecular complexity index is 110. The van der Waals surface area contributed by atoms with Gasteiger partial charge in [0.2, 0.25) is 0 Å². The van der Waals surface area contributed by atoms with E-state index in [1.165, 1.54) is 0 Å². The van der Waals surface area contributed by atoms with Crippen molar-refractivity contribution in [3.63, 3.8) is 0 Å². The molecule has 0 saturated heterocycles. The van der Waals surface area contributed by atoms with Crippen molar-refractivity contribution in [2.24, 2.45) is 0 Å². The summed E-state index contributed by atoms with van der Waals surface area (Å²) in [6, 6.07) is 0. The molecule has 0 fully saturated rings. The van der Waals surface area contributed by atoms with E-state index in [1.54, 1.807) is 0 Å². The van der Waals surface area contributed by atoms with Crippen LogP contribution >= 0.6 is 0 Å². The Morgan fingerprint density at radius 3 is 2.80 bits per heavy atom. The molecule has 0 aliphatic carbocycles. The largest absolute Gasteiger partial charge is 0.465 e. The number of carbonyl (C=O) groups excluding carboxylic acids is 2. The van der Waals surface area contributed by atoms with Gasteiger partial charge in [0.15, 0.2) is 0 Å². The van der Waals surface area contributed by atoms with Crippen LogP contribution in [0.3, 0.4) is 0 Å². The zero-order valence-electron chi connectivity index (χ0n) is 5.58. The van der Waals surface area contributed by atoms with Crippen LogP contribution in [-0.4, -0.2) is 30.6 Å². The van der Waals surface area contributed by atoms with Crippen molar-refractivity contribution >= 4 is 12.3 Å². The second-order valence-electron chi connectivity index (χ2n) is 1.65. The number of rotatable bonds is 5. The number of esters is 1. The summed E-state index contributed by atoms with van der Waals surface area (Å²) in [6.07, 6.45) is 0.891. The van der Waals surface area contributed by atoms with E-state index in [-0.39, 0.29) is 26.1 Å². The molecular weight excluding hydrogens is 136 g/mol. The number of hydrogen-bond donors (Lipinski definition) is 1. The highest BCUT2D eigenvalue weighted by molar-refractivity contribution is 5.69. The predicted octanol–water partition coefficient (Wildman–Crippen LogP) is -0.499. The Balaban J connectivity index is 3.13. The molecule has 0 unspecified atom stereocenters. The van der Waals surface area contributed by atoms with E-state index >= 15 is 0 Å². The summed E-state index contributed by atoms with van der Waals surface area (Å²) in [7, 11) is 0. The first-order valence-corrected chi connectivity index (χ1v) is 3.01. The number of carbonyl (C=O) groups is 2. The third-order valence-electron chi connectivity index (χ3n) is 0.815. The molecule has 0 rings (SSSR count). The lowest BCUT2D eigenvalue weighted by Crippen LogP contribution is -2.07. The average molecular weight is 146 g/mol. The fourth-order valence-electron chi connectivity index (χ4n) is 0.384. The van der Waals surface area contributed by atoms with Crippen LogP contribution in [0.5, 0.6) is 0 Å². The number of ether oxygens (including phenoxy) is 1. The van der Waals surface area contributed by atoms with Gasteiger partial charge in [-0.25, -0.2) is 0 Å². The minimum atomic E-state index is -0.468. The lowest BCUT2D eigenvalue weighted by molar-refractivity contribution is -0.144. The van der Waals surface area contributed by atoms with E-state index in [0.29, 0.717) is 6.29 Å². The zero-order valence-corrected chi connectivity index (χ0v) is 5.58. The van der Waals surface area contributed by atoms with Crippen molar-refractivity contribution in [1.29, 1.82) is 0 Å². The molecule has 58 valence electrons. The molecule has 0 bridgehead atoms. The van der Waals surface area contributed by atoms with Crippen LogP contribution in [-0.2, 0) is 14.3 Å². The highest BCUT2D eigenvalue weighted by atomic mass is 16.5. The minimum absolute atomic E-state index is 0.00113. The van der Waals surface area contributed by atoms with Crippen molar-refractivity contribution in [3.05, 3.63) is 0 Å². The Morgan fingerprint density at radius 1 is 1.60 bits per heavy atom. The maximum absolute atomic E-state index is 10.4. The van der Waals surface area contributed by atoms with Gasteiger partial charge >= 0.3 is 5.97 Å². The van der Waals surface area contributed by atoms with E-state index in [9.17, 15) is 9.59 Å². The molecule has 0 saturated carbocycles. The quantitative estimate of drug-likeness (QED) is 0.322. The number of aldehydes is 1. The van der Waals surface area contributed by atoms with Gasteiger partial charge in [-0.3, -0.25) is 4.79 Å². The predicted molar refractivity (Wildman–Crippen MR) is 33.3 cm³/mol. The molecule has 0 heterocycles. The first-order chi connectivity index (χ1) is 4.81. The first-order valence-electron chi connectivity index (χ1n) is 3.01. The summed E-state index contributed by atoms with van der Waals surface area (Å²) in [5, 5.41) is 8.22. The summed E-state index contributed by atoms with van der Waals surface area (Å²) in [5.41, 5.74) is 0. The Labute approximate surface area is 58.8 Å². The van der Waals surface area contributed by atoms with Crippen molar-refractivity contribution in [2.75, 3.05) is 13.2 Å². The summed E-state index contributed by atoms with van der Waals surface area (Å²) in [5.74, 6) is -0.468. The van der Waals surface area contributed by atoms with Crippen LogP contribution in [0.1, 0.15) is 12.8 Å². The monoisotopic (exact) mass is 146 g/mol. The van der Waals surface area contributed by atoms with E-state index in [4.69, 9.17) is 5.11 Å². The van der Waals surface area contributed by atoms with Crippen molar-refractivity contribution in [2.45, 2.75) is 12.8 Å². The second-order valence-corrected chi connectivity index (χ2v) is 1.65. The van der Waals surface area contributed by atoms with Gasteiger partial charge in [-0.15, -0.1) is 0 Å². The van der Waals surface area contributed by atoms with E-state index in [0.717, 1.165) is 0 Å². The lowest BCUT2D eigenvalue weighted by Gasteiger charge is -1.98.